The Balaban J connectivity index is 2.32. The molecule has 20 heavy (non-hydrogen) atoms. The highest BCUT2D eigenvalue weighted by atomic mass is 35.5. The van der Waals surface area contributed by atoms with Gasteiger partial charge < -0.3 is 10.1 Å². The summed E-state index contributed by atoms with van der Waals surface area (Å²) in [6.07, 6.45) is 0.189. The summed E-state index contributed by atoms with van der Waals surface area (Å²) in [5.41, 5.74) is 0. The first-order valence-electron chi connectivity index (χ1n) is 6.35. The van der Waals surface area contributed by atoms with Crippen molar-refractivity contribution in [2.45, 2.75) is 19.9 Å². The number of thiophene rings is 1. The van der Waals surface area contributed by atoms with Gasteiger partial charge in [-0.1, -0.05) is 18.5 Å². The SMILES string of the molecule is CCN(CC(=O)NCCC(=O)OC)Cc1ccc(Cl)s1. The molecule has 1 rings (SSSR count). The largest absolute Gasteiger partial charge is 0.469 e. The summed E-state index contributed by atoms with van der Waals surface area (Å²) in [6.45, 7) is 4.05. The summed E-state index contributed by atoms with van der Waals surface area (Å²) in [7, 11) is 1.33. The van der Waals surface area contributed by atoms with Crippen molar-refractivity contribution in [3.63, 3.8) is 0 Å². The van der Waals surface area contributed by atoms with Crippen LogP contribution in [-0.2, 0) is 20.9 Å². The predicted octanol–water partition coefficient (Wildman–Crippen LogP) is 1.90. The molecule has 0 atom stereocenters. The van der Waals surface area contributed by atoms with Gasteiger partial charge in [-0.3, -0.25) is 14.5 Å². The molecule has 1 aromatic rings. The van der Waals surface area contributed by atoms with Crippen molar-refractivity contribution in [1.82, 2.24) is 10.2 Å². The number of methoxy groups -OCH3 is 1. The van der Waals surface area contributed by atoms with Gasteiger partial charge in [0.2, 0.25) is 5.91 Å². The lowest BCUT2D eigenvalue weighted by Crippen LogP contribution is -2.37. The molecule has 1 N–H and O–H groups in total. The van der Waals surface area contributed by atoms with E-state index in [9.17, 15) is 9.59 Å². The highest BCUT2D eigenvalue weighted by Crippen LogP contribution is 2.22. The van der Waals surface area contributed by atoms with Crippen LogP contribution in [0.3, 0.4) is 0 Å². The third kappa shape index (κ3) is 6.36. The monoisotopic (exact) mass is 318 g/mol. The molecule has 0 aliphatic heterocycles. The van der Waals surface area contributed by atoms with Gasteiger partial charge in [0.05, 0.1) is 24.4 Å². The van der Waals surface area contributed by atoms with E-state index in [1.807, 2.05) is 24.0 Å². The molecule has 0 fully saturated rings. The minimum absolute atomic E-state index is 0.0987. The summed E-state index contributed by atoms with van der Waals surface area (Å²) in [6, 6.07) is 3.82. The Morgan fingerprint density at radius 1 is 1.45 bits per heavy atom. The topological polar surface area (TPSA) is 58.6 Å². The molecule has 0 radical (unpaired) electrons. The minimum atomic E-state index is -0.328. The van der Waals surface area contributed by atoms with Gasteiger partial charge in [-0.25, -0.2) is 0 Å². The van der Waals surface area contributed by atoms with Crippen LogP contribution in [0.5, 0.6) is 0 Å². The Kier molecular flexibility index (Phi) is 7.58. The highest BCUT2D eigenvalue weighted by Gasteiger charge is 2.11. The van der Waals surface area contributed by atoms with Gasteiger partial charge in [0.15, 0.2) is 0 Å². The molecule has 0 aliphatic carbocycles. The second-order valence-corrected chi connectivity index (χ2v) is 5.98. The first-order valence-corrected chi connectivity index (χ1v) is 7.54. The van der Waals surface area contributed by atoms with E-state index in [4.69, 9.17) is 11.6 Å². The Morgan fingerprint density at radius 3 is 2.75 bits per heavy atom. The molecule has 112 valence electrons. The van der Waals surface area contributed by atoms with Crippen LogP contribution in [0.25, 0.3) is 0 Å². The van der Waals surface area contributed by atoms with Crippen molar-refractivity contribution in [3.05, 3.63) is 21.3 Å². The van der Waals surface area contributed by atoms with Crippen LogP contribution in [-0.4, -0.2) is 43.5 Å². The van der Waals surface area contributed by atoms with Gasteiger partial charge in [-0.05, 0) is 18.7 Å². The summed E-state index contributed by atoms with van der Waals surface area (Å²) < 4.78 is 5.25. The fourth-order valence-corrected chi connectivity index (χ4v) is 2.73. The van der Waals surface area contributed by atoms with Crippen molar-refractivity contribution in [1.29, 1.82) is 0 Å². The molecule has 0 spiro atoms. The molecule has 0 aliphatic rings. The number of hydrogen-bond donors (Lipinski definition) is 1. The molecule has 0 aromatic carbocycles. The van der Waals surface area contributed by atoms with E-state index in [0.717, 1.165) is 15.8 Å². The zero-order chi connectivity index (χ0) is 15.0. The standard InChI is InChI=1S/C13H19ClN2O3S/c1-3-16(8-10-4-5-11(14)20-10)9-12(17)15-7-6-13(18)19-2/h4-5H,3,6-9H2,1-2H3,(H,15,17). The average molecular weight is 319 g/mol. The van der Waals surface area contributed by atoms with E-state index >= 15 is 0 Å². The lowest BCUT2D eigenvalue weighted by atomic mass is 10.3. The van der Waals surface area contributed by atoms with Gasteiger partial charge in [-0.2, -0.15) is 0 Å². The van der Waals surface area contributed by atoms with Gasteiger partial charge in [-0.15, -0.1) is 11.3 Å². The van der Waals surface area contributed by atoms with E-state index < -0.39 is 0 Å². The molecule has 5 nitrogen and oxygen atoms in total. The number of esters is 1. The maximum absolute atomic E-state index is 11.8. The summed E-state index contributed by atoms with van der Waals surface area (Å²) in [4.78, 5) is 25.8. The Morgan fingerprint density at radius 2 is 2.20 bits per heavy atom. The number of hydrogen-bond acceptors (Lipinski definition) is 5. The number of nitrogens with zero attached hydrogens (tertiary/aromatic N) is 1. The second kappa shape index (κ2) is 8.94. The van der Waals surface area contributed by atoms with Crippen LogP contribution in [0.15, 0.2) is 12.1 Å². The lowest BCUT2D eigenvalue weighted by molar-refractivity contribution is -0.140. The quantitative estimate of drug-likeness (QED) is 0.744. The van der Waals surface area contributed by atoms with Crippen LogP contribution in [0.2, 0.25) is 4.34 Å². The van der Waals surface area contributed by atoms with E-state index in [0.29, 0.717) is 19.6 Å². The molecular formula is C13H19ClN2O3S. The van der Waals surface area contributed by atoms with Gasteiger partial charge in [0.1, 0.15) is 0 Å². The van der Waals surface area contributed by atoms with Gasteiger partial charge >= 0.3 is 5.97 Å². The highest BCUT2D eigenvalue weighted by molar-refractivity contribution is 7.16. The van der Waals surface area contributed by atoms with E-state index in [2.05, 4.69) is 10.1 Å². The van der Waals surface area contributed by atoms with Crippen molar-refractivity contribution < 1.29 is 14.3 Å². The third-order valence-electron chi connectivity index (χ3n) is 2.70. The number of halogens is 1. The summed E-state index contributed by atoms with van der Waals surface area (Å²) in [5, 5.41) is 2.70. The zero-order valence-electron chi connectivity index (χ0n) is 11.6. The fraction of sp³-hybridized carbons (Fsp3) is 0.538. The van der Waals surface area contributed by atoms with E-state index in [1.165, 1.54) is 18.4 Å². The number of likely N-dealkylation sites (N-methyl/N-ethyl adjacent to an activating group) is 1. The number of amides is 1. The van der Waals surface area contributed by atoms with E-state index in [1.54, 1.807) is 0 Å². The van der Waals surface area contributed by atoms with Crippen molar-refractivity contribution in [2.75, 3.05) is 26.7 Å². The van der Waals surface area contributed by atoms with Crippen LogP contribution >= 0.6 is 22.9 Å². The van der Waals surface area contributed by atoms with E-state index in [-0.39, 0.29) is 18.3 Å². The number of ether oxygens (including phenoxy) is 1. The number of carbonyl (C=O) groups excluding carboxylic acids is 2. The predicted molar refractivity (Wildman–Crippen MR) is 79.9 cm³/mol. The number of nitrogens with one attached hydrogen (secondary N) is 1. The minimum Gasteiger partial charge on any atom is -0.469 e. The zero-order valence-corrected chi connectivity index (χ0v) is 13.2. The van der Waals surface area contributed by atoms with Crippen LogP contribution in [0.4, 0.5) is 0 Å². The Hall–Kier alpha value is -1.11. The van der Waals surface area contributed by atoms with Crippen molar-refractivity contribution in [2.24, 2.45) is 0 Å². The Bertz CT molecular complexity index is 451. The average Bonchev–Trinajstić information content (AvgIpc) is 2.83. The first-order chi connectivity index (χ1) is 9.55. The molecule has 0 saturated heterocycles. The Labute approximate surface area is 127 Å². The fourth-order valence-electron chi connectivity index (χ4n) is 1.60. The third-order valence-corrected chi connectivity index (χ3v) is 3.92. The summed E-state index contributed by atoms with van der Waals surface area (Å²) >= 11 is 7.40. The molecule has 1 amide bonds. The molecule has 1 heterocycles. The molecule has 0 unspecified atom stereocenters. The number of carbonyl (C=O) groups is 2. The lowest BCUT2D eigenvalue weighted by Gasteiger charge is -2.18. The van der Waals surface area contributed by atoms with Crippen molar-refractivity contribution in [3.8, 4) is 0 Å². The van der Waals surface area contributed by atoms with Gasteiger partial charge in [0.25, 0.3) is 0 Å². The first kappa shape index (κ1) is 16.9. The maximum atomic E-state index is 11.8. The van der Waals surface area contributed by atoms with Crippen LogP contribution in [0, 0.1) is 0 Å². The van der Waals surface area contributed by atoms with Gasteiger partial charge in [0, 0.05) is 18.0 Å². The molecule has 7 heteroatoms. The van der Waals surface area contributed by atoms with Crippen LogP contribution in [0.1, 0.15) is 18.2 Å². The molecular weight excluding hydrogens is 300 g/mol. The maximum Gasteiger partial charge on any atom is 0.307 e. The molecule has 0 saturated carbocycles. The molecule has 0 bridgehead atoms. The molecule has 1 aromatic heterocycles. The van der Waals surface area contributed by atoms with Crippen LogP contribution < -0.4 is 5.32 Å². The summed E-state index contributed by atoms with van der Waals surface area (Å²) in [5.74, 6) is -0.427. The normalized spacial score (nSPS) is 10.6. The smallest absolute Gasteiger partial charge is 0.307 e. The number of rotatable bonds is 8. The second-order valence-electron chi connectivity index (χ2n) is 4.19. The van der Waals surface area contributed by atoms with Crippen molar-refractivity contribution >= 4 is 34.8 Å².